The van der Waals surface area contributed by atoms with Crippen LogP contribution in [0.4, 0.5) is 0 Å². The van der Waals surface area contributed by atoms with Crippen molar-refractivity contribution in [2.45, 2.75) is 50.6 Å². The zero-order chi connectivity index (χ0) is 15.1. The van der Waals surface area contributed by atoms with Crippen LogP contribution in [0.3, 0.4) is 0 Å². The van der Waals surface area contributed by atoms with Crippen LogP contribution in [0.15, 0.2) is 11.4 Å². The van der Waals surface area contributed by atoms with E-state index in [-0.39, 0.29) is 23.0 Å². The van der Waals surface area contributed by atoms with Gasteiger partial charge in [0.25, 0.3) is 0 Å². The molecule has 0 saturated heterocycles. The van der Waals surface area contributed by atoms with Gasteiger partial charge in [0.2, 0.25) is 0 Å². The number of aromatic amines is 1. The average molecular weight is 300 g/mol. The monoisotopic (exact) mass is 300 g/mol. The molecule has 0 aromatic carbocycles. The zero-order valence-corrected chi connectivity index (χ0v) is 13.0. The molecule has 1 unspecified atom stereocenters. The number of nitrogens with one attached hydrogen (secondary N) is 1. The number of ether oxygens (including phenoxy) is 2. The van der Waals surface area contributed by atoms with Crippen LogP contribution in [0.5, 0.6) is 0 Å². The summed E-state index contributed by atoms with van der Waals surface area (Å²) in [6.07, 6.45) is 1.87. The maximum Gasteiger partial charge on any atom is 0.356 e. The van der Waals surface area contributed by atoms with Crippen molar-refractivity contribution in [3.8, 4) is 0 Å². The quantitative estimate of drug-likeness (QED) is 0.615. The molecule has 0 amide bonds. The molecule has 0 radical (unpaired) electrons. The first-order valence-electron chi connectivity index (χ1n) is 6.57. The molecular weight excluding hydrogens is 280 g/mol. The Labute approximate surface area is 122 Å². The van der Waals surface area contributed by atoms with Crippen molar-refractivity contribution in [1.82, 2.24) is 9.97 Å². The van der Waals surface area contributed by atoms with Gasteiger partial charge in [-0.1, -0.05) is 18.7 Å². The Bertz CT molecular complexity index is 459. The SMILES string of the molecule is CCOC(=O)c1cnc(SC(CC)C(=O)OC(C)C)[nH]1. The summed E-state index contributed by atoms with van der Waals surface area (Å²) in [7, 11) is 0. The van der Waals surface area contributed by atoms with Gasteiger partial charge in [-0.05, 0) is 27.2 Å². The highest BCUT2D eigenvalue weighted by atomic mass is 32.2. The first-order valence-corrected chi connectivity index (χ1v) is 7.45. The molecule has 0 bridgehead atoms. The van der Waals surface area contributed by atoms with Gasteiger partial charge in [0.05, 0.1) is 18.9 Å². The highest BCUT2D eigenvalue weighted by molar-refractivity contribution is 8.00. The summed E-state index contributed by atoms with van der Waals surface area (Å²) >= 11 is 1.25. The molecule has 0 aliphatic heterocycles. The zero-order valence-electron chi connectivity index (χ0n) is 12.1. The number of aromatic nitrogens is 2. The largest absolute Gasteiger partial charge is 0.462 e. The fraction of sp³-hybridized carbons (Fsp3) is 0.615. The Morgan fingerprint density at radius 3 is 2.65 bits per heavy atom. The predicted molar refractivity (Wildman–Crippen MR) is 75.7 cm³/mol. The maximum atomic E-state index is 11.9. The topological polar surface area (TPSA) is 81.3 Å². The Morgan fingerprint density at radius 2 is 2.10 bits per heavy atom. The molecule has 0 spiro atoms. The van der Waals surface area contributed by atoms with E-state index in [4.69, 9.17) is 9.47 Å². The van der Waals surface area contributed by atoms with Crippen LogP contribution in [0, 0.1) is 0 Å². The standard InChI is InChI=1S/C13H20N2O4S/c1-5-10(12(17)19-8(3)4)20-13-14-7-9(15-13)11(16)18-6-2/h7-8,10H,5-6H2,1-4H3,(H,14,15). The fourth-order valence-corrected chi connectivity index (χ4v) is 2.29. The normalized spacial score (nSPS) is 12.2. The van der Waals surface area contributed by atoms with Gasteiger partial charge in [-0.15, -0.1) is 0 Å². The number of imidazole rings is 1. The van der Waals surface area contributed by atoms with E-state index in [1.807, 2.05) is 6.92 Å². The Hall–Kier alpha value is -1.50. The third kappa shape index (κ3) is 4.88. The van der Waals surface area contributed by atoms with Crippen LogP contribution in [-0.2, 0) is 14.3 Å². The van der Waals surface area contributed by atoms with Crippen molar-refractivity contribution in [3.63, 3.8) is 0 Å². The van der Waals surface area contributed by atoms with Crippen LogP contribution in [0.2, 0.25) is 0 Å². The van der Waals surface area contributed by atoms with Crippen molar-refractivity contribution >= 4 is 23.7 Å². The fourth-order valence-electron chi connectivity index (χ4n) is 1.42. The number of H-pyrrole nitrogens is 1. The predicted octanol–water partition coefficient (Wildman–Crippen LogP) is 2.41. The van der Waals surface area contributed by atoms with Crippen LogP contribution in [0.25, 0.3) is 0 Å². The second kappa shape index (κ2) is 7.94. The van der Waals surface area contributed by atoms with Crippen LogP contribution in [-0.4, -0.2) is 39.9 Å². The molecule has 0 aliphatic rings. The molecule has 1 heterocycles. The number of hydrogen-bond acceptors (Lipinski definition) is 6. The van der Waals surface area contributed by atoms with E-state index in [1.165, 1.54) is 18.0 Å². The Morgan fingerprint density at radius 1 is 1.40 bits per heavy atom. The molecule has 1 N–H and O–H groups in total. The summed E-state index contributed by atoms with van der Waals surface area (Å²) in [5.41, 5.74) is 0.279. The van der Waals surface area contributed by atoms with E-state index >= 15 is 0 Å². The minimum atomic E-state index is -0.454. The van der Waals surface area contributed by atoms with E-state index in [0.29, 0.717) is 18.2 Å². The third-order valence-corrected chi connectivity index (χ3v) is 3.53. The highest BCUT2D eigenvalue weighted by Gasteiger charge is 2.22. The molecule has 112 valence electrons. The number of esters is 2. The van der Waals surface area contributed by atoms with Crippen LogP contribution in [0.1, 0.15) is 44.6 Å². The molecule has 0 aliphatic carbocycles. The number of thioether (sulfide) groups is 1. The molecule has 1 atom stereocenters. The van der Waals surface area contributed by atoms with Gasteiger partial charge in [-0.25, -0.2) is 9.78 Å². The minimum absolute atomic E-state index is 0.149. The van der Waals surface area contributed by atoms with E-state index in [0.717, 1.165) is 0 Å². The summed E-state index contributed by atoms with van der Waals surface area (Å²) in [6, 6.07) is 0. The lowest BCUT2D eigenvalue weighted by atomic mass is 10.3. The van der Waals surface area contributed by atoms with Gasteiger partial charge in [0.15, 0.2) is 5.16 Å². The lowest BCUT2D eigenvalue weighted by Crippen LogP contribution is -2.22. The van der Waals surface area contributed by atoms with Crippen LogP contribution >= 0.6 is 11.8 Å². The van der Waals surface area contributed by atoms with Crippen molar-refractivity contribution < 1.29 is 19.1 Å². The van der Waals surface area contributed by atoms with Gasteiger partial charge in [-0.2, -0.15) is 0 Å². The summed E-state index contributed by atoms with van der Waals surface area (Å²) in [5, 5.41) is 0.152. The van der Waals surface area contributed by atoms with Gasteiger partial charge < -0.3 is 14.5 Å². The molecular formula is C13H20N2O4S. The second-order valence-electron chi connectivity index (χ2n) is 4.32. The number of hydrogen-bond donors (Lipinski definition) is 1. The maximum absolute atomic E-state index is 11.9. The molecule has 20 heavy (non-hydrogen) atoms. The van der Waals surface area contributed by atoms with Gasteiger partial charge in [0, 0.05) is 0 Å². The van der Waals surface area contributed by atoms with Gasteiger partial charge in [-0.3, -0.25) is 4.79 Å². The number of carbonyl (C=O) groups is 2. The smallest absolute Gasteiger partial charge is 0.356 e. The molecule has 0 fully saturated rings. The van der Waals surface area contributed by atoms with E-state index in [1.54, 1.807) is 20.8 Å². The lowest BCUT2D eigenvalue weighted by Gasteiger charge is -2.14. The van der Waals surface area contributed by atoms with Crippen LogP contribution < -0.4 is 0 Å². The molecule has 6 nitrogen and oxygen atoms in total. The van der Waals surface area contributed by atoms with E-state index in [9.17, 15) is 9.59 Å². The summed E-state index contributed by atoms with van der Waals surface area (Å²) in [6.45, 7) is 7.55. The molecule has 7 heteroatoms. The van der Waals surface area contributed by atoms with Crippen molar-refractivity contribution in [2.75, 3.05) is 6.61 Å². The number of rotatable bonds is 7. The van der Waals surface area contributed by atoms with Gasteiger partial charge in [0.1, 0.15) is 10.9 Å². The Balaban J connectivity index is 2.66. The minimum Gasteiger partial charge on any atom is -0.462 e. The summed E-state index contributed by atoms with van der Waals surface area (Å²) in [5.74, 6) is -0.730. The first-order chi connectivity index (χ1) is 9.47. The second-order valence-corrected chi connectivity index (χ2v) is 5.51. The number of carbonyl (C=O) groups excluding carboxylic acids is 2. The number of nitrogens with zero attached hydrogens (tertiary/aromatic N) is 1. The van der Waals surface area contributed by atoms with Crippen molar-refractivity contribution in [2.24, 2.45) is 0 Å². The summed E-state index contributed by atoms with van der Waals surface area (Å²) < 4.78 is 10.0. The average Bonchev–Trinajstić information content (AvgIpc) is 2.83. The van der Waals surface area contributed by atoms with E-state index in [2.05, 4.69) is 9.97 Å². The van der Waals surface area contributed by atoms with Gasteiger partial charge >= 0.3 is 11.9 Å². The molecule has 0 saturated carbocycles. The molecule has 1 rings (SSSR count). The summed E-state index contributed by atoms with van der Waals surface area (Å²) in [4.78, 5) is 30.3. The first kappa shape index (κ1) is 16.6. The highest BCUT2D eigenvalue weighted by Crippen LogP contribution is 2.24. The van der Waals surface area contributed by atoms with Crippen molar-refractivity contribution in [3.05, 3.63) is 11.9 Å². The van der Waals surface area contributed by atoms with E-state index < -0.39 is 5.97 Å². The lowest BCUT2D eigenvalue weighted by molar-refractivity contribution is -0.146. The van der Waals surface area contributed by atoms with Crippen molar-refractivity contribution in [1.29, 1.82) is 0 Å². The third-order valence-electron chi connectivity index (χ3n) is 2.29. The molecule has 1 aromatic rings. The molecule has 1 aromatic heterocycles. The Kier molecular flexibility index (Phi) is 6.57.